The van der Waals surface area contributed by atoms with Crippen molar-refractivity contribution in [3.05, 3.63) is 0 Å². The van der Waals surface area contributed by atoms with E-state index < -0.39 is 12.0 Å². The molecule has 0 unspecified atom stereocenters. The van der Waals surface area contributed by atoms with E-state index in [1.807, 2.05) is 13.3 Å². The second kappa shape index (κ2) is 17.1. The molecular weight excluding hydrogens is 432 g/mol. The van der Waals surface area contributed by atoms with Gasteiger partial charge in [0, 0.05) is 30.9 Å². The van der Waals surface area contributed by atoms with Crippen LogP contribution in [-0.4, -0.2) is 86.0 Å². The summed E-state index contributed by atoms with van der Waals surface area (Å²) in [6.07, 6.45) is 4.42. The molecular formula is C22H46N4O3S2. The minimum absolute atomic E-state index is 0.00823. The summed E-state index contributed by atoms with van der Waals surface area (Å²) < 4.78 is 4.91. The first kappa shape index (κ1) is 30.5. The van der Waals surface area contributed by atoms with Crippen LogP contribution < -0.4 is 16.4 Å². The standard InChI is InChI=1S/C22H46N4O3S2/c1-8-15(3)19(24-12-17(23)14-30)13-26(5)20(16(4)9-2)21(27)25-18(10-11-31-7)22(28)29-6/h15-20,24,30H,8-14,23H2,1-7H3,(H,25,27)/t15-,16-,17+,18-,19+,20-/m0/s1. The molecule has 0 heterocycles. The molecule has 184 valence electrons. The van der Waals surface area contributed by atoms with Gasteiger partial charge in [0.25, 0.3) is 0 Å². The summed E-state index contributed by atoms with van der Waals surface area (Å²) >= 11 is 5.91. The molecule has 0 aromatic rings. The molecule has 0 aromatic carbocycles. The lowest BCUT2D eigenvalue weighted by Gasteiger charge is -2.36. The number of esters is 1. The Balaban J connectivity index is 5.43. The third-order valence-corrected chi connectivity index (χ3v) is 7.14. The lowest BCUT2D eigenvalue weighted by atomic mass is 9.93. The first-order valence-electron chi connectivity index (χ1n) is 11.3. The van der Waals surface area contributed by atoms with Gasteiger partial charge in [-0.2, -0.15) is 24.4 Å². The Morgan fingerprint density at radius 3 is 2.29 bits per heavy atom. The maximum absolute atomic E-state index is 13.3. The molecule has 0 saturated heterocycles. The van der Waals surface area contributed by atoms with Gasteiger partial charge in [0.1, 0.15) is 6.04 Å². The van der Waals surface area contributed by atoms with Crippen molar-refractivity contribution >= 4 is 36.3 Å². The number of carbonyl (C=O) groups excluding carboxylic acids is 2. The molecule has 0 spiro atoms. The second-order valence-electron chi connectivity index (χ2n) is 8.48. The fourth-order valence-corrected chi connectivity index (χ4v) is 4.12. The molecule has 0 bridgehead atoms. The number of thioether (sulfide) groups is 1. The van der Waals surface area contributed by atoms with Gasteiger partial charge in [-0.25, -0.2) is 4.79 Å². The quantitative estimate of drug-likeness (QED) is 0.188. The molecule has 0 radical (unpaired) electrons. The zero-order valence-corrected chi connectivity index (χ0v) is 22.2. The Bertz CT molecular complexity index is 513. The predicted octanol–water partition coefficient (Wildman–Crippen LogP) is 2.01. The van der Waals surface area contributed by atoms with Crippen molar-refractivity contribution in [2.45, 2.75) is 71.1 Å². The highest BCUT2D eigenvalue weighted by atomic mass is 32.2. The molecule has 0 aliphatic carbocycles. The van der Waals surface area contributed by atoms with Crippen LogP contribution in [-0.2, 0) is 14.3 Å². The number of carbonyl (C=O) groups is 2. The highest BCUT2D eigenvalue weighted by molar-refractivity contribution is 7.98. The van der Waals surface area contributed by atoms with Crippen LogP contribution in [0, 0.1) is 11.8 Å². The smallest absolute Gasteiger partial charge is 0.328 e. The predicted molar refractivity (Wildman–Crippen MR) is 136 cm³/mol. The average molecular weight is 479 g/mol. The third-order valence-electron chi connectivity index (χ3n) is 6.03. The van der Waals surface area contributed by atoms with Crippen LogP contribution in [0.3, 0.4) is 0 Å². The minimum Gasteiger partial charge on any atom is -0.467 e. The van der Waals surface area contributed by atoms with Gasteiger partial charge in [0.05, 0.1) is 13.2 Å². The number of thiol groups is 1. The van der Waals surface area contributed by atoms with Gasteiger partial charge in [-0.3, -0.25) is 9.69 Å². The first-order chi connectivity index (χ1) is 14.7. The van der Waals surface area contributed by atoms with E-state index in [2.05, 4.69) is 55.9 Å². The normalized spacial score (nSPS) is 17.5. The topological polar surface area (TPSA) is 96.7 Å². The Morgan fingerprint density at radius 2 is 1.81 bits per heavy atom. The van der Waals surface area contributed by atoms with Crippen molar-refractivity contribution < 1.29 is 14.3 Å². The summed E-state index contributed by atoms with van der Waals surface area (Å²) in [4.78, 5) is 27.6. The van der Waals surface area contributed by atoms with Crippen molar-refractivity contribution in [3.63, 3.8) is 0 Å². The highest BCUT2D eigenvalue weighted by Crippen LogP contribution is 2.18. The van der Waals surface area contributed by atoms with Gasteiger partial charge in [-0.05, 0) is 37.3 Å². The van der Waals surface area contributed by atoms with Crippen molar-refractivity contribution in [2.24, 2.45) is 17.6 Å². The average Bonchev–Trinajstić information content (AvgIpc) is 2.77. The number of hydrogen-bond acceptors (Lipinski definition) is 8. The van der Waals surface area contributed by atoms with Crippen LogP contribution in [0.5, 0.6) is 0 Å². The lowest BCUT2D eigenvalue weighted by Crippen LogP contribution is -2.57. The number of nitrogens with zero attached hydrogens (tertiary/aromatic N) is 1. The number of rotatable bonds is 17. The maximum atomic E-state index is 13.3. The number of nitrogens with two attached hydrogens (primary N) is 1. The van der Waals surface area contributed by atoms with E-state index in [1.165, 1.54) is 7.11 Å². The van der Waals surface area contributed by atoms with Gasteiger partial charge < -0.3 is 21.1 Å². The van der Waals surface area contributed by atoms with Gasteiger partial charge in [-0.15, -0.1) is 0 Å². The summed E-state index contributed by atoms with van der Waals surface area (Å²) in [5, 5.41) is 6.53. The van der Waals surface area contributed by atoms with E-state index in [0.717, 1.165) is 18.6 Å². The zero-order chi connectivity index (χ0) is 24.0. The molecule has 0 aromatic heterocycles. The summed E-state index contributed by atoms with van der Waals surface area (Å²) in [5.74, 6) is 1.45. The van der Waals surface area contributed by atoms with Crippen LogP contribution in [0.25, 0.3) is 0 Å². The van der Waals surface area contributed by atoms with Gasteiger partial charge >= 0.3 is 5.97 Å². The number of methoxy groups -OCH3 is 1. The van der Waals surface area contributed by atoms with Crippen molar-refractivity contribution in [1.29, 1.82) is 0 Å². The number of amides is 1. The van der Waals surface area contributed by atoms with Crippen LogP contribution in [0.4, 0.5) is 0 Å². The molecule has 0 fully saturated rings. The fraction of sp³-hybridized carbons (Fsp3) is 0.909. The molecule has 0 aliphatic heterocycles. The van der Waals surface area contributed by atoms with E-state index in [9.17, 15) is 9.59 Å². The molecule has 0 rings (SSSR count). The van der Waals surface area contributed by atoms with Crippen molar-refractivity contribution in [1.82, 2.24) is 15.5 Å². The summed E-state index contributed by atoms with van der Waals surface area (Å²) in [6.45, 7) is 9.95. The summed E-state index contributed by atoms with van der Waals surface area (Å²) in [7, 11) is 3.35. The first-order valence-corrected chi connectivity index (χ1v) is 13.4. The molecule has 9 heteroatoms. The lowest BCUT2D eigenvalue weighted by molar-refractivity contribution is -0.146. The number of ether oxygens (including phenoxy) is 1. The number of likely N-dealkylation sites (N-methyl/N-ethyl adjacent to an activating group) is 1. The van der Waals surface area contributed by atoms with E-state index in [0.29, 0.717) is 31.2 Å². The van der Waals surface area contributed by atoms with E-state index >= 15 is 0 Å². The van der Waals surface area contributed by atoms with Crippen LogP contribution in [0.1, 0.15) is 47.0 Å². The third kappa shape index (κ3) is 11.3. The van der Waals surface area contributed by atoms with Crippen molar-refractivity contribution in [2.75, 3.05) is 45.0 Å². The van der Waals surface area contributed by atoms with Gasteiger partial charge in [-0.1, -0.05) is 40.5 Å². The highest BCUT2D eigenvalue weighted by Gasteiger charge is 2.33. The summed E-state index contributed by atoms with van der Waals surface area (Å²) in [6, 6.07) is -0.764. The second-order valence-corrected chi connectivity index (χ2v) is 9.83. The molecule has 31 heavy (non-hydrogen) atoms. The zero-order valence-electron chi connectivity index (χ0n) is 20.5. The monoisotopic (exact) mass is 478 g/mol. The molecule has 4 N–H and O–H groups in total. The molecule has 0 aliphatic rings. The largest absolute Gasteiger partial charge is 0.467 e. The maximum Gasteiger partial charge on any atom is 0.328 e. The Kier molecular flexibility index (Phi) is 16.8. The van der Waals surface area contributed by atoms with Gasteiger partial charge in [0.15, 0.2) is 0 Å². The summed E-state index contributed by atoms with van der Waals surface area (Å²) in [5.41, 5.74) is 6.05. The Labute approximate surface area is 199 Å². The van der Waals surface area contributed by atoms with Crippen molar-refractivity contribution in [3.8, 4) is 0 Å². The molecule has 7 nitrogen and oxygen atoms in total. The van der Waals surface area contributed by atoms with E-state index in [1.54, 1.807) is 11.8 Å². The molecule has 6 atom stereocenters. The fourth-order valence-electron chi connectivity index (χ4n) is 3.52. The Morgan fingerprint density at radius 1 is 1.19 bits per heavy atom. The van der Waals surface area contributed by atoms with Crippen LogP contribution in [0.15, 0.2) is 0 Å². The van der Waals surface area contributed by atoms with E-state index in [4.69, 9.17) is 10.5 Å². The minimum atomic E-state index is -0.623. The molecule has 1 amide bonds. The SMILES string of the molecule is CC[C@H](C)[C@@H](C(=O)N[C@@H](CCSC)C(=O)OC)N(C)C[C@@H](NC[C@@H](N)CS)[C@@H](C)CC. The van der Waals surface area contributed by atoms with Crippen LogP contribution in [0.2, 0.25) is 0 Å². The number of hydrogen-bond donors (Lipinski definition) is 4. The number of nitrogens with one attached hydrogen (secondary N) is 2. The molecule has 0 saturated carbocycles. The van der Waals surface area contributed by atoms with Gasteiger partial charge in [0.2, 0.25) is 5.91 Å². The Hall–Kier alpha value is -0.480. The van der Waals surface area contributed by atoms with Crippen LogP contribution >= 0.6 is 24.4 Å². The van der Waals surface area contributed by atoms with E-state index in [-0.39, 0.29) is 30.0 Å².